The topological polar surface area (TPSA) is 52.6 Å². The van der Waals surface area contributed by atoms with Gasteiger partial charge in [-0.15, -0.1) is 0 Å². The zero-order valence-electron chi connectivity index (χ0n) is 14.6. The van der Waals surface area contributed by atoms with Crippen molar-refractivity contribution in [1.29, 1.82) is 0 Å². The fourth-order valence-electron chi connectivity index (χ4n) is 3.35. The number of hydrogen-bond donors (Lipinski definition) is 2. The Morgan fingerprint density at radius 2 is 2.13 bits per heavy atom. The number of rotatable bonds is 5. The number of nitrogens with zero attached hydrogens (tertiary/aromatic N) is 1. The lowest BCUT2D eigenvalue weighted by Gasteiger charge is -2.34. The zero-order chi connectivity index (χ0) is 16.8. The number of amides is 2. The minimum absolute atomic E-state index is 0.00273. The van der Waals surface area contributed by atoms with Crippen LogP contribution in [-0.2, 0) is 0 Å². The summed E-state index contributed by atoms with van der Waals surface area (Å²) in [6.45, 7) is 8.06. The molecule has 1 aliphatic rings. The van der Waals surface area contributed by atoms with Crippen LogP contribution < -0.4 is 5.32 Å². The Morgan fingerprint density at radius 1 is 1.39 bits per heavy atom. The summed E-state index contributed by atoms with van der Waals surface area (Å²) in [7, 11) is 0. The highest BCUT2D eigenvalue weighted by atomic mass is 16.3. The van der Waals surface area contributed by atoms with Crippen LogP contribution in [0.2, 0.25) is 0 Å². The number of hydrogen-bond acceptors (Lipinski definition) is 2. The largest absolute Gasteiger partial charge is 0.396 e. The van der Waals surface area contributed by atoms with Crippen LogP contribution in [0.15, 0.2) is 24.3 Å². The first-order valence-electron chi connectivity index (χ1n) is 8.73. The van der Waals surface area contributed by atoms with Gasteiger partial charge in [0.25, 0.3) is 0 Å². The monoisotopic (exact) mass is 318 g/mol. The van der Waals surface area contributed by atoms with Gasteiger partial charge in [-0.05, 0) is 49.1 Å². The fraction of sp³-hybridized carbons (Fsp3) is 0.632. The molecule has 1 heterocycles. The van der Waals surface area contributed by atoms with E-state index in [1.807, 2.05) is 17.0 Å². The Bertz CT molecular complexity index is 516. The molecule has 1 aromatic carbocycles. The predicted octanol–water partition coefficient (Wildman–Crippen LogP) is 3.50. The number of benzene rings is 1. The lowest BCUT2D eigenvalue weighted by Crippen LogP contribution is -2.47. The Morgan fingerprint density at radius 3 is 2.78 bits per heavy atom. The molecule has 128 valence electrons. The van der Waals surface area contributed by atoms with E-state index >= 15 is 0 Å². The van der Waals surface area contributed by atoms with Gasteiger partial charge in [-0.25, -0.2) is 4.79 Å². The molecule has 0 bridgehead atoms. The van der Waals surface area contributed by atoms with Crippen LogP contribution in [0, 0.1) is 18.8 Å². The highest BCUT2D eigenvalue weighted by Crippen LogP contribution is 2.25. The molecule has 0 radical (unpaired) electrons. The summed E-state index contributed by atoms with van der Waals surface area (Å²) in [5.74, 6) is 0.725. The summed E-state index contributed by atoms with van der Waals surface area (Å²) in [6.07, 6.45) is 2.90. The molecule has 4 nitrogen and oxygen atoms in total. The molecule has 2 atom stereocenters. The van der Waals surface area contributed by atoms with Crippen molar-refractivity contribution in [2.24, 2.45) is 11.8 Å². The van der Waals surface area contributed by atoms with E-state index in [0.717, 1.165) is 25.8 Å². The van der Waals surface area contributed by atoms with E-state index in [0.29, 0.717) is 12.5 Å². The molecule has 4 heteroatoms. The van der Waals surface area contributed by atoms with Gasteiger partial charge in [-0.3, -0.25) is 0 Å². The van der Waals surface area contributed by atoms with Crippen molar-refractivity contribution in [3.05, 3.63) is 35.4 Å². The maximum atomic E-state index is 12.7. The van der Waals surface area contributed by atoms with Crippen LogP contribution in [0.1, 0.15) is 50.3 Å². The molecule has 1 aromatic rings. The second kappa shape index (κ2) is 8.34. The third-order valence-corrected chi connectivity index (χ3v) is 4.63. The predicted molar refractivity (Wildman–Crippen MR) is 93.3 cm³/mol. The van der Waals surface area contributed by atoms with Crippen LogP contribution >= 0.6 is 0 Å². The number of aliphatic hydroxyl groups is 1. The molecule has 2 N–H and O–H groups in total. The lowest BCUT2D eigenvalue weighted by molar-refractivity contribution is 0.127. The third kappa shape index (κ3) is 4.96. The van der Waals surface area contributed by atoms with Gasteiger partial charge < -0.3 is 15.3 Å². The quantitative estimate of drug-likeness (QED) is 0.873. The van der Waals surface area contributed by atoms with Crippen LogP contribution in [0.5, 0.6) is 0 Å². The van der Waals surface area contributed by atoms with Gasteiger partial charge in [0.2, 0.25) is 0 Å². The smallest absolute Gasteiger partial charge is 0.317 e. The number of urea groups is 1. The van der Waals surface area contributed by atoms with Gasteiger partial charge in [0.05, 0.1) is 6.04 Å². The summed E-state index contributed by atoms with van der Waals surface area (Å²) in [5.41, 5.74) is 2.41. The number of carbonyl (C=O) groups excluding carboxylic acids is 1. The minimum Gasteiger partial charge on any atom is -0.396 e. The van der Waals surface area contributed by atoms with Crippen LogP contribution in [0.25, 0.3) is 0 Å². The SMILES string of the molecule is Cc1ccccc1C(CC(C)C)NC(=O)N1CCCC(CO)C1. The Labute approximate surface area is 139 Å². The maximum absolute atomic E-state index is 12.7. The first-order valence-corrected chi connectivity index (χ1v) is 8.73. The van der Waals surface area contributed by atoms with Crippen LogP contribution in [0.4, 0.5) is 4.79 Å². The molecular weight excluding hydrogens is 288 g/mol. The summed E-state index contributed by atoms with van der Waals surface area (Å²) in [5, 5.41) is 12.6. The zero-order valence-corrected chi connectivity index (χ0v) is 14.6. The minimum atomic E-state index is -0.00273. The number of carbonyl (C=O) groups is 1. The number of aryl methyl sites for hydroxylation is 1. The number of piperidine rings is 1. The van der Waals surface area contributed by atoms with Gasteiger partial charge in [-0.1, -0.05) is 38.1 Å². The molecule has 1 aliphatic heterocycles. The Hall–Kier alpha value is -1.55. The van der Waals surface area contributed by atoms with Gasteiger partial charge in [0.1, 0.15) is 0 Å². The number of aliphatic hydroxyl groups excluding tert-OH is 1. The fourth-order valence-corrected chi connectivity index (χ4v) is 3.35. The third-order valence-electron chi connectivity index (χ3n) is 4.63. The number of likely N-dealkylation sites (tertiary alicyclic amines) is 1. The van der Waals surface area contributed by atoms with Crippen LogP contribution in [-0.4, -0.2) is 35.7 Å². The molecule has 2 unspecified atom stereocenters. The second-order valence-electron chi connectivity index (χ2n) is 7.13. The van der Waals surface area contributed by atoms with E-state index < -0.39 is 0 Å². The van der Waals surface area contributed by atoms with Gasteiger partial charge in [-0.2, -0.15) is 0 Å². The second-order valence-corrected chi connectivity index (χ2v) is 7.13. The molecule has 1 saturated heterocycles. The normalized spacial score (nSPS) is 19.7. The van der Waals surface area contributed by atoms with E-state index in [4.69, 9.17) is 0 Å². The Kier molecular flexibility index (Phi) is 6.46. The molecule has 2 rings (SSSR count). The Balaban J connectivity index is 2.08. The summed E-state index contributed by atoms with van der Waals surface area (Å²) in [4.78, 5) is 14.5. The van der Waals surface area contributed by atoms with Crippen molar-refractivity contribution in [3.63, 3.8) is 0 Å². The van der Waals surface area contributed by atoms with Crippen LogP contribution in [0.3, 0.4) is 0 Å². The molecular formula is C19H30N2O2. The highest BCUT2D eigenvalue weighted by Gasteiger charge is 2.25. The molecule has 0 spiro atoms. The summed E-state index contributed by atoms with van der Waals surface area (Å²) >= 11 is 0. The molecule has 0 aromatic heterocycles. The van der Waals surface area contributed by atoms with Crippen molar-refractivity contribution in [3.8, 4) is 0 Å². The average Bonchev–Trinajstić information content (AvgIpc) is 2.54. The molecule has 0 aliphatic carbocycles. The first-order chi connectivity index (χ1) is 11.0. The van der Waals surface area contributed by atoms with Crippen molar-refractivity contribution in [2.75, 3.05) is 19.7 Å². The van der Waals surface area contributed by atoms with Crippen molar-refractivity contribution < 1.29 is 9.90 Å². The van der Waals surface area contributed by atoms with Crippen molar-refractivity contribution >= 4 is 6.03 Å². The molecule has 0 saturated carbocycles. The molecule has 2 amide bonds. The summed E-state index contributed by atoms with van der Waals surface area (Å²) in [6, 6.07) is 8.30. The van der Waals surface area contributed by atoms with E-state index in [2.05, 4.69) is 38.2 Å². The van der Waals surface area contributed by atoms with E-state index in [9.17, 15) is 9.90 Å². The van der Waals surface area contributed by atoms with Crippen molar-refractivity contribution in [2.45, 2.75) is 46.1 Å². The van der Waals surface area contributed by atoms with Gasteiger partial charge in [0, 0.05) is 19.7 Å². The molecule has 1 fully saturated rings. The van der Waals surface area contributed by atoms with E-state index in [1.54, 1.807) is 0 Å². The lowest BCUT2D eigenvalue weighted by atomic mass is 9.94. The van der Waals surface area contributed by atoms with Crippen molar-refractivity contribution in [1.82, 2.24) is 10.2 Å². The van der Waals surface area contributed by atoms with Gasteiger partial charge >= 0.3 is 6.03 Å². The van der Waals surface area contributed by atoms with E-state index in [1.165, 1.54) is 11.1 Å². The molecule has 23 heavy (non-hydrogen) atoms. The highest BCUT2D eigenvalue weighted by molar-refractivity contribution is 5.75. The van der Waals surface area contributed by atoms with Gasteiger partial charge in [0.15, 0.2) is 0 Å². The van der Waals surface area contributed by atoms with E-state index in [-0.39, 0.29) is 24.6 Å². The standard InChI is InChI=1S/C19H30N2O2/c1-14(2)11-18(17-9-5-4-7-15(17)3)20-19(23)21-10-6-8-16(12-21)13-22/h4-5,7,9,14,16,18,22H,6,8,10-13H2,1-3H3,(H,20,23). The average molecular weight is 318 g/mol. The first kappa shape index (κ1) is 17.8. The number of nitrogens with one attached hydrogen (secondary N) is 1. The maximum Gasteiger partial charge on any atom is 0.317 e. The summed E-state index contributed by atoms with van der Waals surface area (Å²) < 4.78 is 0.